The first-order valence-corrected chi connectivity index (χ1v) is 18.5. The highest BCUT2D eigenvalue weighted by Crippen LogP contribution is 2.53. The van der Waals surface area contributed by atoms with E-state index in [9.17, 15) is 10.5 Å². The first kappa shape index (κ1) is 32.5. The lowest BCUT2D eigenvalue weighted by Gasteiger charge is -2.39. The average Bonchev–Trinajstić information content (AvgIpc) is 3.58. The minimum absolute atomic E-state index is 0.174. The van der Waals surface area contributed by atoms with Crippen LogP contribution in [0, 0.1) is 34.5 Å². The zero-order chi connectivity index (χ0) is 35.9. The molecule has 53 heavy (non-hydrogen) atoms. The molecule has 2 bridgehead atoms. The molecule has 1 aromatic heterocycles. The third-order valence-corrected chi connectivity index (χ3v) is 11.5. The molecule has 2 aliphatic carbocycles. The van der Waals surface area contributed by atoms with Crippen molar-refractivity contribution in [1.29, 1.82) is 10.5 Å². The number of nitrogens with zero attached hydrogens (tertiary/aromatic N) is 5. The van der Waals surface area contributed by atoms with E-state index in [1.807, 2.05) is 30.3 Å². The normalized spacial score (nSPS) is 19.1. The molecule has 2 aliphatic rings. The SMILES string of the molecule is CC1(c2ccc(-c3cc(-c4ccccc4)cc(-c4nc(-c5ccc(C#N)cc5)nc(-c5ccc(C#N)cc5)n4)c3)c3ccccc23)C[C@@H]2CC[C@@H](C2)C1. The van der Waals surface area contributed by atoms with Crippen molar-refractivity contribution in [3.05, 3.63) is 150 Å². The molecule has 5 heteroatoms. The summed E-state index contributed by atoms with van der Waals surface area (Å²) in [4.78, 5) is 15.0. The van der Waals surface area contributed by atoms with Gasteiger partial charge in [-0.1, -0.05) is 86.5 Å². The molecule has 5 nitrogen and oxygen atoms in total. The topological polar surface area (TPSA) is 86.2 Å². The van der Waals surface area contributed by atoms with E-state index in [-0.39, 0.29) is 5.41 Å². The minimum atomic E-state index is 0.174. The molecule has 7 aromatic rings. The molecule has 1 heterocycles. The number of hydrogen-bond donors (Lipinski definition) is 0. The number of benzene rings is 6. The minimum Gasteiger partial charge on any atom is -0.208 e. The Labute approximate surface area is 310 Å². The lowest BCUT2D eigenvalue weighted by atomic mass is 9.65. The third kappa shape index (κ3) is 6.15. The van der Waals surface area contributed by atoms with Gasteiger partial charge in [-0.2, -0.15) is 10.5 Å². The average molecular weight is 684 g/mol. The van der Waals surface area contributed by atoms with Crippen LogP contribution >= 0.6 is 0 Å². The Morgan fingerprint density at radius 1 is 0.509 bits per heavy atom. The highest BCUT2D eigenvalue weighted by atomic mass is 15.0. The third-order valence-electron chi connectivity index (χ3n) is 11.5. The van der Waals surface area contributed by atoms with Crippen LogP contribution < -0.4 is 0 Å². The van der Waals surface area contributed by atoms with Crippen molar-refractivity contribution >= 4 is 10.8 Å². The molecule has 1 unspecified atom stereocenters. The van der Waals surface area contributed by atoms with Gasteiger partial charge in [0.1, 0.15) is 0 Å². The molecule has 0 radical (unpaired) electrons. The summed E-state index contributed by atoms with van der Waals surface area (Å²) < 4.78 is 0. The van der Waals surface area contributed by atoms with Crippen molar-refractivity contribution in [3.8, 4) is 68.6 Å². The summed E-state index contributed by atoms with van der Waals surface area (Å²) in [5, 5.41) is 21.5. The Kier molecular flexibility index (Phi) is 8.14. The quantitative estimate of drug-likeness (QED) is 0.174. The van der Waals surface area contributed by atoms with Crippen LogP contribution in [-0.2, 0) is 5.41 Å². The lowest BCUT2D eigenvalue weighted by Crippen LogP contribution is -2.30. The molecule has 0 N–H and O–H groups in total. The van der Waals surface area contributed by atoms with Crippen LogP contribution in [-0.4, -0.2) is 15.0 Å². The Balaban J connectivity index is 1.24. The summed E-state index contributed by atoms with van der Waals surface area (Å²) in [5.41, 5.74) is 9.68. The van der Waals surface area contributed by atoms with Gasteiger partial charge >= 0.3 is 0 Å². The lowest BCUT2D eigenvalue weighted by molar-refractivity contribution is 0.233. The Bertz CT molecular complexity index is 2490. The fourth-order valence-corrected chi connectivity index (χ4v) is 9.06. The van der Waals surface area contributed by atoms with Crippen LogP contribution in [0.3, 0.4) is 0 Å². The van der Waals surface area contributed by atoms with Gasteiger partial charge < -0.3 is 0 Å². The van der Waals surface area contributed by atoms with Crippen molar-refractivity contribution in [2.75, 3.05) is 0 Å². The maximum atomic E-state index is 9.44. The molecular weight excluding hydrogens is 647 g/mol. The van der Waals surface area contributed by atoms with E-state index in [1.165, 1.54) is 54.0 Å². The number of fused-ring (bicyclic) bond motifs is 3. The maximum absolute atomic E-state index is 9.44. The van der Waals surface area contributed by atoms with Crippen LogP contribution in [0.1, 0.15) is 55.7 Å². The second kappa shape index (κ2) is 13.3. The van der Waals surface area contributed by atoms with E-state index in [4.69, 9.17) is 15.0 Å². The summed E-state index contributed by atoms with van der Waals surface area (Å²) in [6, 6.07) is 49.8. The smallest absolute Gasteiger partial charge is 0.164 e. The summed E-state index contributed by atoms with van der Waals surface area (Å²) in [6.07, 6.45) is 6.69. The largest absolute Gasteiger partial charge is 0.208 e. The summed E-state index contributed by atoms with van der Waals surface area (Å²) >= 11 is 0. The zero-order valence-electron chi connectivity index (χ0n) is 29.6. The van der Waals surface area contributed by atoms with E-state index in [0.29, 0.717) is 28.6 Å². The molecule has 6 aromatic carbocycles. The standard InChI is InChI=1S/C48H37N5/c1-48(27-33-11-12-34(23-33)28-48)44-22-21-41(42-9-5-6-10-43(42)44)39-24-38(35-7-3-2-4-8-35)25-40(26-39)47-52-45(36-17-13-31(29-49)14-18-36)51-46(53-47)37-19-15-32(30-50)16-20-37/h2-10,13-22,24-26,33-34H,11-12,23,27-28H2,1H3/t33-,34+,48?. The van der Waals surface area contributed by atoms with Gasteiger partial charge in [-0.25, -0.2) is 15.0 Å². The van der Waals surface area contributed by atoms with E-state index in [1.54, 1.807) is 24.3 Å². The van der Waals surface area contributed by atoms with Gasteiger partial charge in [0.25, 0.3) is 0 Å². The van der Waals surface area contributed by atoms with Gasteiger partial charge in [-0.05, 0) is 142 Å². The molecule has 2 saturated carbocycles. The monoisotopic (exact) mass is 683 g/mol. The number of aromatic nitrogens is 3. The van der Waals surface area contributed by atoms with E-state index in [0.717, 1.165) is 45.2 Å². The molecule has 9 rings (SSSR count). The van der Waals surface area contributed by atoms with Gasteiger partial charge in [0.05, 0.1) is 23.3 Å². The van der Waals surface area contributed by atoms with E-state index in [2.05, 4.69) is 97.9 Å². The van der Waals surface area contributed by atoms with Gasteiger partial charge in [0.15, 0.2) is 17.5 Å². The van der Waals surface area contributed by atoms with Gasteiger partial charge in [-0.15, -0.1) is 0 Å². The van der Waals surface area contributed by atoms with Crippen LogP contribution in [0.15, 0.2) is 133 Å². The molecule has 3 atom stereocenters. The zero-order valence-corrected chi connectivity index (χ0v) is 29.6. The molecule has 0 spiro atoms. The van der Waals surface area contributed by atoms with Crippen LogP contribution in [0.4, 0.5) is 0 Å². The predicted molar refractivity (Wildman–Crippen MR) is 211 cm³/mol. The number of rotatable bonds is 6. The summed E-state index contributed by atoms with van der Waals surface area (Å²) in [6.45, 7) is 2.50. The second-order valence-electron chi connectivity index (χ2n) is 15.1. The van der Waals surface area contributed by atoms with Gasteiger partial charge in [0, 0.05) is 16.7 Å². The van der Waals surface area contributed by atoms with Crippen molar-refractivity contribution in [1.82, 2.24) is 15.0 Å². The highest BCUT2D eigenvalue weighted by molar-refractivity contribution is 6.00. The van der Waals surface area contributed by atoms with E-state index >= 15 is 0 Å². The molecular formula is C48H37N5. The molecule has 2 fully saturated rings. The Morgan fingerprint density at radius 2 is 1.02 bits per heavy atom. The number of hydrogen-bond acceptors (Lipinski definition) is 5. The molecule has 0 saturated heterocycles. The van der Waals surface area contributed by atoms with E-state index < -0.39 is 0 Å². The Morgan fingerprint density at radius 3 is 1.60 bits per heavy atom. The van der Waals surface area contributed by atoms with Crippen molar-refractivity contribution in [2.24, 2.45) is 11.8 Å². The highest BCUT2D eigenvalue weighted by Gasteiger charge is 2.42. The fraction of sp³-hybridized carbons (Fsp3) is 0.188. The maximum Gasteiger partial charge on any atom is 0.164 e. The van der Waals surface area contributed by atoms with Crippen molar-refractivity contribution < 1.29 is 0 Å². The van der Waals surface area contributed by atoms with Crippen LogP contribution in [0.2, 0.25) is 0 Å². The van der Waals surface area contributed by atoms with Gasteiger partial charge in [0.2, 0.25) is 0 Å². The van der Waals surface area contributed by atoms with Crippen molar-refractivity contribution in [2.45, 2.75) is 44.4 Å². The molecule has 254 valence electrons. The summed E-state index contributed by atoms with van der Waals surface area (Å²) in [7, 11) is 0. The van der Waals surface area contributed by atoms with Gasteiger partial charge in [-0.3, -0.25) is 0 Å². The first-order chi connectivity index (χ1) is 26.0. The van der Waals surface area contributed by atoms with Crippen molar-refractivity contribution in [3.63, 3.8) is 0 Å². The first-order valence-electron chi connectivity index (χ1n) is 18.5. The fourth-order valence-electron chi connectivity index (χ4n) is 9.06. The number of nitriles is 2. The molecule has 0 aliphatic heterocycles. The molecule has 0 amide bonds. The second-order valence-corrected chi connectivity index (χ2v) is 15.1. The van der Waals surface area contributed by atoms with Crippen LogP contribution in [0.5, 0.6) is 0 Å². The summed E-state index contributed by atoms with van der Waals surface area (Å²) in [5.74, 6) is 3.24. The van der Waals surface area contributed by atoms with Crippen LogP contribution in [0.25, 0.3) is 67.2 Å². The Hall–Kier alpha value is -6.43. The predicted octanol–water partition coefficient (Wildman–Crippen LogP) is 11.6.